The fourth-order valence-electron chi connectivity index (χ4n) is 1.39. The average Bonchev–Trinajstić information content (AvgIpc) is 2.29. The summed E-state index contributed by atoms with van der Waals surface area (Å²) in [6, 6.07) is 3.72. The number of benzene rings is 1. The highest BCUT2D eigenvalue weighted by molar-refractivity contribution is 7.89. The van der Waals surface area contributed by atoms with Crippen molar-refractivity contribution in [1.82, 2.24) is 0 Å². The Bertz CT molecular complexity index is 662. The Labute approximate surface area is 109 Å². The Balaban J connectivity index is 3.54. The second-order valence-corrected chi connectivity index (χ2v) is 5.31. The first kappa shape index (κ1) is 14.9. The maximum absolute atomic E-state index is 11.4. The van der Waals surface area contributed by atoms with Gasteiger partial charge in [-0.3, -0.25) is 10.1 Å². The SMILES string of the molecule is Cc1cc([N+](=O)[O-])cc(S(N)(=O)=O)c1OC(C)C#N. The Morgan fingerprint density at radius 2 is 2.11 bits per heavy atom. The van der Waals surface area contributed by atoms with E-state index >= 15 is 0 Å². The van der Waals surface area contributed by atoms with Gasteiger partial charge in [-0.25, -0.2) is 13.6 Å². The molecule has 2 N–H and O–H groups in total. The van der Waals surface area contributed by atoms with Gasteiger partial charge in [-0.15, -0.1) is 0 Å². The lowest BCUT2D eigenvalue weighted by molar-refractivity contribution is -0.385. The molecule has 102 valence electrons. The third kappa shape index (κ3) is 3.40. The van der Waals surface area contributed by atoms with E-state index in [0.29, 0.717) is 0 Å². The van der Waals surface area contributed by atoms with Gasteiger partial charge in [0.05, 0.1) is 4.92 Å². The molecular formula is C10H11N3O5S. The number of non-ortho nitro benzene ring substituents is 1. The summed E-state index contributed by atoms with van der Waals surface area (Å²) >= 11 is 0. The molecule has 0 radical (unpaired) electrons. The predicted molar refractivity (Wildman–Crippen MR) is 64.9 cm³/mol. The number of nitrogens with two attached hydrogens (primary N) is 1. The molecule has 1 aromatic rings. The van der Waals surface area contributed by atoms with Crippen LogP contribution in [0.4, 0.5) is 5.69 Å². The highest BCUT2D eigenvalue weighted by Gasteiger charge is 2.23. The number of rotatable bonds is 4. The summed E-state index contributed by atoms with van der Waals surface area (Å²) in [6.07, 6.45) is -0.916. The lowest BCUT2D eigenvalue weighted by Gasteiger charge is -2.14. The lowest BCUT2D eigenvalue weighted by atomic mass is 10.2. The summed E-state index contributed by atoms with van der Waals surface area (Å²) in [4.78, 5) is 9.45. The summed E-state index contributed by atoms with van der Waals surface area (Å²) in [5.74, 6) is -0.151. The number of sulfonamides is 1. The second kappa shape index (κ2) is 5.21. The van der Waals surface area contributed by atoms with Crippen molar-refractivity contribution in [2.75, 3.05) is 0 Å². The van der Waals surface area contributed by atoms with Crippen LogP contribution in [0.2, 0.25) is 0 Å². The Morgan fingerprint density at radius 1 is 1.53 bits per heavy atom. The molecule has 9 heteroatoms. The quantitative estimate of drug-likeness (QED) is 0.642. The smallest absolute Gasteiger partial charge is 0.271 e. The number of nitro benzene ring substituents is 1. The van der Waals surface area contributed by atoms with E-state index in [1.54, 1.807) is 6.07 Å². The fourth-order valence-corrected chi connectivity index (χ4v) is 2.15. The highest BCUT2D eigenvalue weighted by atomic mass is 32.2. The number of hydrogen-bond acceptors (Lipinski definition) is 6. The van der Waals surface area contributed by atoms with Crippen molar-refractivity contribution in [2.24, 2.45) is 5.14 Å². The first-order valence-electron chi connectivity index (χ1n) is 5.05. The lowest BCUT2D eigenvalue weighted by Crippen LogP contribution is -2.17. The van der Waals surface area contributed by atoms with Crippen LogP contribution in [-0.4, -0.2) is 19.4 Å². The van der Waals surface area contributed by atoms with E-state index in [1.807, 2.05) is 0 Å². The molecule has 0 heterocycles. The Morgan fingerprint density at radius 3 is 2.53 bits per heavy atom. The number of hydrogen-bond donors (Lipinski definition) is 1. The Hall–Kier alpha value is -2.18. The van der Waals surface area contributed by atoms with Crippen LogP contribution in [0.25, 0.3) is 0 Å². The molecule has 0 fully saturated rings. The molecule has 8 nitrogen and oxygen atoms in total. The van der Waals surface area contributed by atoms with E-state index in [1.165, 1.54) is 13.8 Å². The standard InChI is InChI=1S/C10H11N3O5S/c1-6-3-8(13(14)15)4-9(19(12,16)17)10(6)18-7(2)5-11/h3-4,7H,1-2H3,(H2,12,16,17). The molecule has 0 saturated carbocycles. The van der Waals surface area contributed by atoms with Crippen molar-refractivity contribution in [2.45, 2.75) is 24.8 Å². The first-order chi connectivity index (χ1) is 8.66. The zero-order chi connectivity index (χ0) is 14.8. The number of aryl methyl sites for hydroxylation is 1. The minimum atomic E-state index is -4.20. The summed E-state index contributed by atoms with van der Waals surface area (Å²) in [5.41, 5.74) is -0.209. The van der Waals surface area contributed by atoms with Crippen LogP contribution in [0.3, 0.4) is 0 Å². The van der Waals surface area contributed by atoms with Crippen LogP contribution in [0, 0.1) is 28.4 Å². The zero-order valence-corrected chi connectivity index (χ0v) is 11.0. The first-order valence-corrected chi connectivity index (χ1v) is 6.59. The van der Waals surface area contributed by atoms with Crippen LogP contribution in [-0.2, 0) is 10.0 Å². The van der Waals surface area contributed by atoms with Crippen molar-refractivity contribution in [1.29, 1.82) is 5.26 Å². The molecule has 0 spiro atoms. The predicted octanol–water partition coefficient (Wildman–Crippen LogP) is 0.842. The third-order valence-electron chi connectivity index (χ3n) is 2.22. The summed E-state index contributed by atoms with van der Waals surface area (Å²) in [7, 11) is -4.20. The largest absolute Gasteiger partial charge is 0.474 e. The summed E-state index contributed by atoms with van der Waals surface area (Å²) in [5, 5.41) is 24.4. The van der Waals surface area contributed by atoms with Gasteiger partial charge < -0.3 is 4.74 Å². The van der Waals surface area contributed by atoms with Gasteiger partial charge in [-0.1, -0.05) is 0 Å². The van der Waals surface area contributed by atoms with Gasteiger partial charge in [0.1, 0.15) is 16.7 Å². The molecule has 1 aromatic carbocycles. The maximum atomic E-state index is 11.4. The van der Waals surface area contributed by atoms with Crippen LogP contribution in [0.1, 0.15) is 12.5 Å². The topological polar surface area (TPSA) is 136 Å². The van der Waals surface area contributed by atoms with Gasteiger partial charge >= 0.3 is 0 Å². The van der Waals surface area contributed by atoms with Gasteiger partial charge in [-0.05, 0) is 19.4 Å². The number of nitriles is 1. The van der Waals surface area contributed by atoms with Gasteiger partial charge in [0.15, 0.2) is 6.10 Å². The molecule has 19 heavy (non-hydrogen) atoms. The van der Waals surface area contributed by atoms with E-state index in [4.69, 9.17) is 15.1 Å². The highest BCUT2D eigenvalue weighted by Crippen LogP contribution is 2.32. The molecular weight excluding hydrogens is 274 g/mol. The summed E-state index contributed by atoms with van der Waals surface area (Å²) < 4.78 is 28.0. The van der Waals surface area contributed by atoms with Gasteiger partial charge in [0, 0.05) is 12.1 Å². The van der Waals surface area contributed by atoms with E-state index in [2.05, 4.69) is 0 Å². The zero-order valence-electron chi connectivity index (χ0n) is 10.2. The molecule has 1 rings (SSSR count). The van der Waals surface area contributed by atoms with Crippen LogP contribution in [0.5, 0.6) is 5.75 Å². The van der Waals surface area contributed by atoms with Crippen molar-refractivity contribution in [3.8, 4) is 11.8 Å². The van der Waals surface area contributed by atoms with Gasteiger partial charge in [0.2, 0.25) is 10.0 Å². The van der Waals surface area contributed by atoms with Crippen molar-refractivity contribution in [3.05, 3.63) is 27.8 Å². The van der Waals surface area contributed by atoms with Crippen molar-refractivity contribution >= 4 is 15.7 Å². The second-order valence-electron chi connectivity index (χ2n) is 3.78. The van der Waals surface area contributed by atoms with Gasteiger partial charge in [0.25, 0.3) is 5.69 Å². The molecule has 1 unspecified atom stereocenters. The molecule has 0 aliphatic heterocycles. The normalized spacial score (nSPS) is 12.5. The molecule has 0 bridgehead atoms. The minimum Gasteiger partial charge on any atom is -0.474 e. The van der Waals surface area contributed by atoms with Gasteiger partial charge in [-0.2, -0.15) is 5.26 Å². The molecule has 0 amide bonds. The summed E-state index contributed by atoms with van der Waals surface area (Å²) in [6.45, 7) is 2.84. The molecule has 1 atom stereocenters. The van der Waals surface area contributed by atoms with E-state index < -0.39 is 31.6 Å². The molecule has 0 saturated heterocycles. The number of nitro groups is 1. The van der Waals surface area contributed by atoms with Crippen LogP contribution >= 0.6 is 0 Å². The number of nitrogens with zero attached hydrogens (tertiary/aromatic N) is 2. The minimum absolute atomic E-state index is 0.151. The number of ether oxygens (including phenoxy) is 1. The fraction of sp³-hybridized carbons (Fsp3) is 0.300. The van der Waals surface area contributed by atoms with Crippen LogP contribution in [0.15, 0.2) is 17.0 Å². The molecule has 0 aromatic heterocycles. The van der Waals surface area contributed by atoms with Crippen molar-refractivity contribution < 1.29 is 18.1 Å². The van der Waals surface area contributed by atoms with Crippen molar-refractivity contribution in [3.63, 3.8) is 0 Å². The Kier molecular flexibility index (Phi) is 4.08. The maximum Gasteiger partial charge on any atom is 0.271 e. The monoisotopic (exact) mass is 285 g/mol. The third-order valence-corrected chi connectivity index (χ3v) is 3.14. The average molecular weight is 285 g/mol. The number of primary sulfonamides is 1. The molecule has 0 aliphatic carbocycles. The molecule has 0 aliphatic rings. The van der Waals surface area contributed by atoms with E-state index in [0.717, 1.165) is 12.1 Å². The van der Waals surface area contributed by atoms with Crippen LogP contribution < -0.4 is 9.88 Å². The van der Waals surface area contributed by atoms with E-state index in [9.17, 15) is 18.5 Å². The van der Waals surface area contributed by atoms with E-state index in [-0.39, 0.29) is 11.3 Å².